The molecule has 1 aromatic carbocycles. The molecule has 6 nitrogen and oxygen atoms in total. The van der Waals surface area contributed by atoms with Crippen LogP contribution in [0, 0.1) is 10.1 Å². The van der Waals surface area contributed by atoms with Gasteiger partial charge in [-0.15, -0.1) is 0 Å². The highest BCUT2D eigenvalue weighted by Gasteiger charge is 2.17. The van der Waals surface area contributed by atoms with Gasteiger partial charge in [0.05, 0.1) is 17.1 Å². The van der Waals surface area contributed by atoms with E-state index in [4.69, 9.17) is 5.11 Å². The number of rotatable bonds is 6. The van der Waals surface area contributed by atoms with Gasteiger partial charge in [0.15, 0.2) is 6.29 Å². The van der Waals surface area contributed by atoms with Gasteiger partial charge in [-0.3, -0.25) is 14.9 Å². The number of anilines is 1. The highest BCUT2D eigenvalue weighted by Crippen LogP contribution is 2.24. The summed E-state index contributed by atoms with van der Waals surface area (Å²) in [6.45, 7) is 4.27. The summed E-state index contributed by atoms with van der Waals surface area (Å²) >= 11 is 0. The first-order valence-corrected chi connectivity index (χ1v) is 5.62. The van der Waals surface area contributed by atoms with Gasteiger partial charge in [0.25, 0.3) is 5.69 Å². The molecule has 0 amide bonds. The fraction of sp³-hybridized carbons (Fsp3) is 0.417. The van der Waals surface area contributed by atoms with Crippen molar-refractivity contribution in [2.24, 2.45) is 0 Å². The number of nitro groups is 1. The molecule has 1 aromatic rings. The minimum absolute atomic E-state index is 0.0222. The van der Waals surface area contributed by atoms with Gasteiger partial charge in [-0.05, 0) is 26.0 Å². The van der Waals surface area contributed by atoms with E-state index in [0.29, 0.717) is 18.5 Å². The fourth-order valence-electron chi connectivity index (χ4n) is 1.77. The number of nitro benzene ring substituents is 1. The average Bonchev–Trinajstić information content (AvgIpc) is 2.34. The van der Waals surface area contributed by atoms with E-state index in [-0.39, 0.29) is 23.9 Å². The second-order valence-corrected chi connectivity index (χ2v) is 4.13. The summed E-state index contributed by atoms with van der Waals surface area (Å²) in [5.41, 5.74) is 0.522. The van der Waals surface area contributed by atoms with Crippen LogP contribution in [0.1, 0.15) is 24.2 Å². The number of nitrogens with zero attached hydrogens (tertiary/aromatic N) is 2. The number of aliphatic hydroxyl groups is 1. The minimum Gasteiger partial charge on any atom is -0.395 e. The summed E-state index contributed by atoms with van der Waals surface area (Å²) < 4.78 is 0. The summed E-state index contributed by atoms with van der Waals surface area (Å²) in [5, 5.41) is 19.7. The first kappa shape index (κ1) is 14.1. The molecule has 0 heterocycles. The molecular formula is C12H16N2O4. The molecule has 6 heteroatoms. The Morgan fingerprint density at radius 1 is 1.50 bits per heavy atom. The number of hydrogen-bond acceptors (Lipinski definition) is 5. The zero-order chi connectivity index (χ0) is 13.7. The number of carbonyl (C=O) groups is 1. The molecule has 0 aromatic heterocycles. The molecule has 0 aliphatic rings. The molecule has 18 heavy (non-hydrogen) atoms. The van der Waals surface area contributed by atoms with E-state index in [2.05, 4.69) is 0 Å². The predicted octanol–water partition coefficient (Wildman–Crippen LogP) is 1.61. The SMILES string of the molecule is CC(C)N(CCO)c1ccc([N+](=O)[O-])c(C=O)c1. The van der Waals surface area contributed by atoms with Gasteiger partial charge in [0.1, 0.15) is 0 Å². The Morgan fingerprint density at radius 3 is 2.61 bits per heavy atom. The van der Waals surface area contributed by atoms with Crippen molar-refractivity contribution in [1.82, 2.24) is 0 Å². The Balaban J connectivity index is 3.17. The Labute approximate surface area is 105 Å². The molecule has 1 N–H and O–H groups in total. The van der Waals surface area contributed by atoms with Crippen LogP contribution in [-0.4, -0.2) is 35.5 Å². The highest BCUT2D eigenvalue weighted by atomic mass is 16.6. The molecule has 0 aliphatic carbocycles. The Hall–Kier alpha value is -1.95. The van der Waals surface area contributed by atoms with E-state index in [1.807, 2.05) is 18.7 Å². The lowest BCUT2D eigenvalue weighted by Crippen LogP contribution is -2.33. The number of benzene rings is 1. The van der Waals surface area contributed by atoms with Crippen LogP contribution in [-0.2, 0) is 0 Å². The van der Waals surface area contributed by atoms with Crippen molar-refractivity contribution in [2.75, 3.05) is 18.1 Å². The molecule has 0 aliphatic heterocycles. The molecular weight excluding hydrogens is 236 g/mol. The smallest absolute Gasteiger partial charge is 0.280 e. The average molecular weight is 252 g/mol. The maximum absolute atomic E-state index is 10.9. The van der Waals surface area contributed by atoms with Gasteiger partial charge >= 0.3 is 0 Å². The van der Waals surface area contributed by atoms with Crippen LogP contribution in [0.5, 0.6) is 0 Å². The number of aliphatic hydroxyl groups excluding tert-OH is 1. The number of hydrogen-bond donors (Lipinski definition) is 1. The van der Waals surface area contributed by atoms with Crippen LogP contribution in [0.2, 0.25) is 0 Å². The van der Waals surface area contributed by atoms with Crippen molar-refractivity contribution in [1.29, 1.82) is 0 Å². The van der Waals surface area contributed by atoms with E-state index in [0.717, 1.165) is 0 Å². The second-order valence-electron chi connectivity index (χ2n) is 4.13. The van der Waals surface area contributed by atoms with Crippen molar-refractivity contribution >= 4 is 17.7 Å². The lowest BCUT2D eigenvalue weighted by atomic mass is 10.1. The maximum atomic E-state index is 10.9. The monoisotopic (exact) mass is 252 g/mol. The fourth-order valence-corrected chi connectivity index (χ4v) is 1.77. The van der Waals surface area contributed by atoms with Crippen molar-refractivity contribution in [2.45, 2.75) is 19.9 Å². The molecule has 1 rings (SSSR count). The summed E-state index contributed by atoms with van der Waals surface area (Å²) in [6.07, 6.45) is 0.471. The van der Waals surface area contributed by atoms with Crippen LogP contribution in [0.15, 0.2) is 18.2 Å². The topological polar surface area (TPSA) is 83.7 Å². The van der Waals surface area contributed by atoms with Gasteiger partial charge in [-0.2, -0.15) is 0 Å². The highest BCUT2D eigenvalue weighted by molar-refractivity contribution is 5.83. The second kappa shape index (κ2) is 6.11. The van der Waals surface area contributed by atoms with Crippen LogP contribution >= 0.6 is 0 Å². The molecule has 0 fully saturated rings. The standard InChI is InChI=1S/C12H16N2O4/c1-9(2)13(5-6-15)11-3-4-12(14(17)18)10(7-11)8-16/h3-4,7-9,15H,5-6H2,1-2H3. The quantitative estimate of drug-likeness (QED) is 0.472. The normalized spacial score (nSPS) is 10.4. The predicted molar refractivity (Wildman–Crippen MR) is 68.1 cm³/mol. The first-order valence-electron chi connectivity index (χ1n) is 5.62. The third-order valence-corrected chi connectivity index (χ3v) is 2.63. The molecule has 0 radical (unpaired) electrons. The summed E-state index contributed by atoms with van der Waals surface area (Å²) in [4.78, 5) is 22.9. The third-order valence-electron chi connectivity index (χ3n) is 2.63. The lowest BCUT2D eigenvalue weighted by molar-refractivity contribution is -0.385. The summed E-state index contributed by atoms with van der Waals surface area (Å²) in [6, 6.07) is 4.49. The van der Waals surface area contributed by atoms with Gasteiger partial charge in [0, 0.05) is 24.3 Å². The zero-order valence-electron chi connectivity index (χ0n) is 10.4. The van der Waals surface area contributed by atoms with Gasteiger partial charge in [-0.25, -0.2) is 0 Å². The molecule has 0 saturated carbocycles. The molecule has 0 spiro atoms. The van der Waals surface area contributed by atoms with Gasteiger partial charge < -0.3 is 10.0 Å². The summed E-state index contributed by atoms with van der Waals surface area (Å²) in [5.74, 6) is 0. The molecule has 98 valence electrons. The van der Waals surface area contributed by atoms with Crippen molar-refractivity contribution < 1.29 is 14.8 Å². The maximum Gasteiger partial charge on any atom is 0.280 e. The minimum atomic E-state index is -0.584. The largest absolute Gasteiger partial charge is 0.395 e. The van der Waals surface area contributed by atoms with Gasteiger partial charge in [0.2, 0.25) is 0 Å². The molecule has 0 unspecified atom stereocenters. The number of carbonyl (C=O) groups excluding carboxylic acids is 1. The lowest BCUT2D eigenvalue weighted by Gasteiger charge is -2.28. The summed E-state index contributed by atoms with van der Waals surface area (Å²) in [7, 11) is 0. The van der Waals surface area contributed by atoms with E-state index >= 15 is 0 Å². The van der Waals surface area contributed by atoms with Crippen LogP contribution in [0.25, 0.3) is 0 Å². The third kappa shape index (κ3) is 3.04. The molecule has 0 atom stereocenters. The van der Waals surface area contributed by atoms with Crippen molar-refractivity contribution in [3.8, 4) is 0 Å². The van der Waals surface area contributed by atoms with Crippen LogP contribution in [0.3, 0.4) is 0 Å². The van der Waals surface area contributed by atoms with Crippen molar-refractivity contribution in [3.05, 3.63) is 33.9 Å². The van der Waals surface area contributed by atoms with Gasteiger partial charge in [-0.1, -0.05) is 0 Å². The van der Waals surface area contributed by atoms with E-state index in [1.165, 1.54) is 12.1 Å². The Morgan fingerprint density at radius 2 is 2.17 bits per heavy atom. The van der Waals surface area contributed by atoms with E-state index in [1.54, 1.807) is 6.07 Å². The number of aldehydes is 1. The molecule has 0 saturated heterocycles. The zero-order valence-corrected chi connectivity index (χ0v) is 10.4. The first-order chi connectivity index (χ1) is 8.51. The Bertz CT molecular complexity index is 446. The van der Waals surface area contributed by atoms with E-state index in [9.17, 15) is 14.9 Å². The molecule has 0 bridgehead atoms. The van der Waals surface area contributed by atoms with Crippen LogP contribution in [0.4, 0.5) is 11.4 Å². The van der Waals surface area contributed by atoms with Crippen molar-refractivity contribution in [3.63, 3.8) is 0 Å². The van der Waals surface area contributed by atoms with Crippen LogP contribution < -0.4 is 4.90 Å². The van der Waals surface area contributed by atoms with E-state index < -0.39 is 4.92 Å². The Kier molecular flexibility index (Phi) is 4.79.